The van der Waals surface area contributed by atoms with Gasteiger partial charge in [0, 0.05) is 0 Å². The predicted octanol–water partition coefficient (Wildman–Crippen LogP) is 5.17. The molecule has 2 unspecified atom stereocenters. The summed E-state index contributed by atoms with van der Waals surface area (Å²) in [6, 6.07) is 7.21. The number of rotatable bonds is 8. The van der Waals surface area contributed by atoms with Crippen molar-refractivity contribution in [1.82, 2.24) is 0 Å². The van der Waals surface area contributed by atoms with Crippen LogP contribution in [-0.2, 0) is 0 Å². The van der Waals surface area contributed by atoms with Gasteiger partial charge in [0.15, 0.2) is 0 Å². The second kappa shape index (κ2) is 8.64. The lowest BCUT2D eigenvalue weighted by Gasteiger charge is -2.19. The van der Waals surface area contributed by atoms with E-state index in [4.69, 9.17) is 0 Å². The molecule has 0 aliphatic heterocycles. The van der Waals surface area contributed by atoms with Crippen molar-refractivity contribution >= 4 is 13.2 Å². The molecule has 0 N–H and O–H groups in total. The molecule has 0 nitrogen and oxygen atoms in total. The van der Waals surface area contributed by atoms with Crippen LogP contribution in [0, 0.1) is 11.7 Å². The first-order valence-corrected chi connectivity index (χ1v) is 8.89. The lowest BCUT2D eigenvalue weighted by atomic mass is 10.1. The van der Waals surface area contributed by atoms with Crippen molar-refractivity contribution in [3.05, 3.63) is 30.1 Å². The van der Waals surface area contributed by atoms with Crippen LogP contribution < -0.4 is 5.30 Å². The van der Waals surface area contributed by atoms with Crippen LogP contribution in [0.3, 0.4) is 0 Å². The highest BCUT2D eigenvalue weighted by atomic mass is 31.1. The third-order valence-corrected chi connectivity index (χ3v) is 6.24. The summed E-state index contributed by atoms with van der Waals surface area (Å²) >= 11 is 0. The summed E-state index contributed by atoms with van der Waals surface area (Å²) in [5.74, 6) is 0.697. The molecule has 2 heteroatoms. The fraction of sp³-hybridized carbons (Fsp3) is 0.625. The van der Waals surface area contributed by atoms with E-state index in [2.05, 4.69) is 20.8 Å². The Bertz CT molecular complexity index is 320. The quantitative estimate of drug-likeness (QED) is 0.571. The van der Waals surface area contributed by atoms with Gasteiger partial charge in [0.2, 0.25) is 0 Å². The molecular weight excluding hydrogens is 242 g/mol. The number of hydrogen-bond donors (Lipinski definition) is 0. The summed E-state index contributed by atoms with van der Waals surface area (Å²) in [6.45, 7) is 6.84. The van der Waals surface area contributed by atoms with Crippen LogP contribution in [0.1, 0.15) is 46.5 Å². The van der Waals surface area contributed by atoms with Gasteiger partial charge in [-0.3, -0.25) is 0 Å². The van der Waals surface area contributed by atoms with Crippen LogP contribution in [0.15, 0.2) is 24.3 Å². The van der Waals surface area contributed by atoms with E-state index in [9.17, 15) is 4.39 Å². The van der Waals surface area contributed by atoms with Crippen LogP contribution in [0.2, 0.25) is 0 Å². The molecule has 0 fully saturated rings. The summed E-state index contributed by atoms with van der Waals surface area (Å²) < 4.78 is 13.0. The summed E-state index contributed by atoms with van der Waals surface area (Å²) in [5.41, 5.74) is 0. The fourth-order valence-electron chi connectivity index (χ4n) is 1.95. The minimum Gasteiger partial charge on any atom is -0.207 e. The summed E-state index contributed by atoms with van der Waals surface area (Å²) in [7, 11) is -0.0789. The molecule has 1 rings (SSSR count). The molecule has 0 amide bonds. The van der Waals surface area contributed by atoms with Gasteiger partial charge in [0.05, 0.1) is 0 Å². The first kappa shape index (κ1) is 15.6. The Hall–Kier alpha value is -0.420. The average molecular weight is 268 g/mol. The maximum Gasteiger partial charge on any atom is 0.123 e. The molecule has 0 aromatic heterocycles. The molecule has 18 heavy (non-hydrogen) atoms. The van der Waals surface area contributed by atoms with Gasteiger partial charge in [0.25, 0.3) is 0 Å². The Balaban J connectivity index is 2.62. The van der Waals surface area contributed by atoms with Gasteiger partial charge in [-0.25, -0.2) is 4.39 Å². The zero-order valence-electron chi connectivity index (χ0n) is 12.0. The molecule has 1 aromatic carbocycles. The van der Waals surface area contributed by atoms with E-state index in [0.717, 1.165) is 5.92 Å². The smallest absolute Gasteiger partial charge is 0.123 e. The molecule has 1 aromatic rings. The van der Waals surface area contributed by atoms with E-state index in [1.807, 2.05) is 12.1 Å². The molecule has 2 atom stereocenters. The number of halogens is 1. The highest BCUT2D eigenvalue weighted by Crippen LogP contribution is 2.37. The van der Waals surface area contributed by atoms with Gasteiger partial charge in [0.1, 0.15) is 5.82 Å². The highest BCUT2D eigenvalue weighted by molar-refractivity contribution is 7.65. The lowest BCUT2D eigenvalue weighted by Crippen LogP contribution is -2.08. The van der Waals surface area contributed by atoms with Gasteiger partial charge >= 0.3 is 0 Å². The number of unbranched alkanes of at least 4 members (excludes halogenated alkanes) is 1. The van der Waals surface area contributed by atoms with Crippen LogP contribution >= 0.6 is 7.92 Å². The van der Waals surface area contributed by atoms with Crippen molar-refractivity contribution in [3.63, 3.8) is 0 Å². The van der Waals surface area contributed by atoms with Crippen molar-refractivity contribution in [2.24, 2.45) is 5.92 Å². The Morgan fingerprint density at radius 3 is 2.33 bits per heavy atom. The topological polar surface area (TPSA) is 0 Å². The van der Waals surface area contributed by atoms with Crippen molar-refractivity contribution in [1.29, 1.82) is 0 Å². The molecule has 0 heterocycles. The Morgan fingerprint density at radius 2 is 1.78 bits per heavy atom. The van der Waals surface area contributed by atoms with Crippen molar-refractivity contribution < 1.29 is 4.39 Å². The van der Waals surface area contributed by atoms with E-state index in [1.165, 1.54) is 43.3 Å². The minimum atomic E-state index is -0.119. The zero-order valence-corrected chi connectivity index (χ0v) is 12.8. The third-order valence-electron chi connectivity index (χ3n) is 3.56. The van der Waals surface area contributed by atoms with Crippen LogP contribution in [0.4, 0.5) is 4.39 Å². The molecule has 0 bridgehead atoms. The van der Waals surface area contributed by atoms with Gasteiger partial charge in [-0.15, -0.1) is 0 Å². The monoisotopic (exact) mass is 268 g/mol. The molecule has 0 spiro atoms. The van der Waals surface area contributed by atoms with Crippen LogP contribution in [0.5, 0.6) is 0 Å². The molecule has 0 aliphatic rings. The number of benzene rings is 1. The minimum absolute atomic E-state index is 0.0789. The molecule has 0 aliphatic carbocycles. The maximum absolute atomic E-state index is 13.0. The normalized spacial score (nSPS) is 14.4. The molecule has 0 saturated carbocycles. The average Bonchev–Trinajstić information content (AvgIpc) is 2.40. The van der Waals surface area contributed by atoms with Gasteiger partial charge in [-0.05, 0) is 48.5 Å². The van der Waals surface area contributed by atoms with E-state index in [1.54, 1.807) is 12.1 Å². The molecule has 0 saturated heterocycles. The van der Waals surface area contributed by atoms with Crippen molar-refractivity contribution in [2.75, 3.05) is 12.3 Å². The maximum atomic E-state index is 13.0. The van der Waals surface area contributed by atoms with Crippen LogP contribution in [0.25, 0.3) is 0 Å². The second-order valence-electron chi connectivity index (χ2n) is 5.12. The van der Waals surface area contributed by atoms with Crippen molar-refractivity contribution in [3.8, 4) is 0 Å². The van der Waals surface area contributed by atoms with Crippen LogP contribution in [-0.4, -0.2) is 12.3 Å². The van der Waals surface area contributed by atoms with E-state index in [-0.39, 0.29) is 13.7 Å². The molecule has 0 radical (unpaired) electrons. The first-order valence-electron chi connectivity index (χ1n) is 7.17. The Morgan fingerprint density at radius 1 is 1.11 bits per heavy atom. The summed E-state index contributed by atoms with van der Waals surface area (Å²) in [6.07, 6.45) is 7.72. The Kier molecular flexibility index (Phi) is 7.51. The van der Waals surface area contributed by atoms with Gasteiger partial charge in [-0.2, -0.15) is 0 Å². The van der Waals surface area contributed by atoms with Gasteiger partial charge < -0.3 is 0 Å². The number of hydrogen-bond acceptors (Lipinski definition) is 0. The second-order valence-corrected chi connectivity index (χ2v) is 7.61. The summed E-state index contributed by atoms with van der Waals surface area (Å²) in [5, 5.41) is 1.38. The van der Waals surface area contributed by atoms with Crippen molar-refractivity contribution in [2.45, 2.75) is 46.5 Å². The molecular formula is C16H26FP. The standard InChI is InChI=1S/C16H26FP/c1-4-6-12-18(13-11-14(3)5-2)16-9-7-15(17)8-10-16/h7-10,14H,4-6,11-13H2,1-3H3. The highest BCUT2D eigenvalue weighted by Gasteiger charge is 2.12. The molecule has 102 valence electrons. The first-order chi connectivity index (χ1) is 8.67. The third kappa shape index (κ3) is 5.48. The van der Waals surface area contributed by atoms with E-state index < -0.39 is 0 Å². The van der Waals surface area contributed by atoms with E-state index in [0.29, 0.717) is 0 Å². The van der Waals surface area contributed by atoms with E-state index >= 15 is 0 Å². The lowest BCUT2D eigenvalue weighted by molar-refractivity contribution is 0.547. The largest absolute Gasteiger partial charge is 0.207 e. The zero-order chi connectivity index (χ0) is 13.4. The predicted molar refractivity (Wildman–Crippen MR) is 81.7 cm³/mol. The summed E-state index contributed by atoms with van der Waals surface area (Å²) in [4.78, 5) is 0. The fourth-order valence-corrected chi connectivity index (χ4v) is 4.71. The Labute approximate surface area is 113 Å². The van der Waals surface area contributed by atoms with Gasteiger partial charge in [-0.1, -0.05) is 53.7 Å². The SMILES string of the molecule is CCCCP(CCC(C)CC)c1ccc(F)cc1.